The number of carbonyl (C=O) groups excluding carboxylic acids is 1. The van der Waals surface area contributed by atoms with Gasteiger partial charge in [0.25, 0.3) is 0 Å². The van der Waals surface area contributed by atoms with E-state index in [0.717, 1.165) is 5.69 Å². The minimum atomic E-state index is -0.391. The molecule has 9 heteroatoms. The molecule has 2 aromatic heterocycles. The summed E-state index contributed by atoms with van der Waals surface area (Å²) >= 11 is 1.29. The van der Waals surface area contributed by atoms with Gasteiger partial charge in [0.05, 0.1) is 18.0 Å². The number of fused-ring (bicyclic) bond motifs is 1. The molecule has 2 aromatic carbocycles. The highest BCUT2D eigenvalue weighted by molar-refractivity contribution is 8.00. The first-order chi connectivity index (χ1) is 16.4. The lowest BCUT2D eigenvalue weighted by Gasteiger charge is -2.14. The largest absolute Gasteiger partial charge is 0.497 e. The van der Waals surface area contributed by atoms with Crippen LogP contribution in [0, 0.1) is 0 Å². The Kier molecular flexibility index (Phi) is 7.02. The first-order valence-corrected chi connectivity index (χ1v) is 12.0. The maximum absolute atomic E-state index is 13.1. The van der Waals surface area contributed by atoms with Gasteiger partial charge < -0.3 is 10.1 Å². The van der Waals surface area contributed by atoms with Crippen molar-refractivity contribution in [2.24, 2.45) is 0 Å². The number of methoxy groups -OCH3 is 1. The Hall–Kier alpha value is -3.59. The molecule has 0 fully saturated rings. The molecular weight excluding hydrogens is 450 g/mol. The average Bonchev–Trinajstić information content (AvgIpc) is 3.26. The molecule has 4 rings (SSSR count). The minimum Gasteiger partial charge on any atom is -0.497 e. The summed E-state index contributed by atoms with van der Waals surface area (Å²) < 4.78 is 8.37. The zero-order chi connectivity index (χ0) is 24.2. The zero-order valence-corrected chi connectivity index (χ0v) is 20.4. The maximum Gasteiger partial charge on any atom is 0.300 e. The summed E-state index contributed by atoms with van der Waals surface area (Å²) in [4.78, 5) is 26.0. The van der Waals surface area contributed by atoms with Gasteiger partial charge in [-0.3, -0.25) is 18.6 Å². The molecule has 4 aromatic rings. The van der Waals surface area contributed by atoms with Crippen LogP contribution < -0.4 is 15.6 Å². The van der Waals surface area contributed by atoms with Crippen molar-refractivity contribution >= 4 is 29.0 Å². The van der Waals surface area contributed by atoms with Crippen molar-refractivity contribution in [3.63, 3.8) is 0 Å². The van der Waals surface area contributed by atoms with Gasteiger partial charge in [-0.2, -0.15) is 0 Å². The predicted molar refractivity (Wildman–Crippen MR) is 134 cm³/mol. The van der Waals surface area contributed by atoms with Crippen LogP contribution in [0.5, 0.6) is 5.75 Å². The van der Waals surface area contributed by atoms with E-state index in [4.69, 9.17) is 4.74 Å². The lowest BCUT2D eigenvalue weighted by atomic mass is 10.0. The number of hydrogen-bond acceptors (Lipinski definition) is 6. The standard InChI is InChI=1S/C25H27N5O3S/c1-5-21(23(31)26-18-11-9-17(10-12-18)16(2)3)34-25-28-27-22-24(32)29(13-14-30(22)25)19-7-6-8-20(15-19)33-4/h6-16,21H,5H2,1-4H3,(H,26,31)/t21-/m0/s1. The van der Waals surface area contributed by atoms with E-state index in [0.29, 0.717) is 28.9 Å². The summed E-state index contributed by atoms with van der Waals surface area (Å²) in [5.74, 6) is 0.960. The van der Waals surface area contributed by atoms with Crippen LogP contribution in [0.15, 0.2) is 70.9 Å². The second-order valence-corrected chi connectivity index (χ2v) is 9.30. The highest BCUT2D eigenvalue weighted by Crippen LogP contribution is 2.26. The molecule has 0 spiro atoms. The Labute approximate surface area is 202 Å². The maximum atomic E-state index is 13.1. The second-order valence-electron chi connectivity index (χ2n) is 8.13. The third-order valence-corrected chi connectivity index (χ3v) is 6.85. The topological polar surface area (TPSA) is 90.5 Å². The molecule has 2 heterocycles. The van der Waals surface area contributed by atoms with E-state index in [2.05, 4.69) is 29.4 Å². The Morgan fingerprint density at radius 1 is 1.12 bits per heavy atom. The van der Waals surface area contributed by atoms with Crippen LogP contribution in [0.2, 0.25) is 0 Å². The molecule has 0 radical (unpaired) electrons. The van der Waals surface area contributed by atoms with Crippen molar-refractivity contribution in [1.82, 2.24) is 19.2 Å². The number of benzene rings is 2. The number of aromatic nitrogens is 4. The van der Waals surface area contributed by atoms with Crippen LogP contribution >= 0.6 is 11.8 Å². The Bertz CT molecular complexity index is 1360. The Morgan fingerprint density at radius 2 is 1.88 bits per heavy atom. The highest BCUT2D eigenvalue weighted by atomic mass is 32.2. The molecule has 8 nitrogen and oxygen atoms in total. The third-order valence-electron chi connectivity index (χ3n) is 5.53. The van der Waals surface area contributed by atoms with E-state index in [1.54, 1.807) is 30.0 Å². The molecule has 0 aliphatic rings. The van der Waals surface area contributed by atoms with Gasteiger partial charge in [0.1, 0.15) is 5.75 Å². The fourth-order valence-corrected chi connectivity index (χ4v) is 4.47. The van der Waals surface area contributed by atoms with Crippen molar-refractivity contribution in [1.29, 1.82) is 0 Å². The summed E-state index contributed by atoms with van der Waals surface area (Å²) in [6.45, 7) is 6.20. The molecule has 0 saturated heterocycles. The number of amides is 1. The molecule has 1 atom stereocenters. The van der Waals surface area contributed by atoms with E-state index in [1.165, 1.54) is 21.9 Å². The van der Waals surface area contributed by atoms with Gasteiger partial charge in [0, 0.05) is 24.1 Å². The number of carbonyl (C=O) groups is 1. The predicted octanol–water partition coefficient (Wildman–Crippen LogP) is 4.52. The molecule has 1 N–H and O–H groups in total. The normalized spacial score (nSPS) is 12.1. The van der Waals surface area contributed by atoms with Crippen LogP contribution in [-0.2, 0) is 4.79 Å². The number of rotatable bonds is 8. The van der Waals surface area contributed by atoms with Crippen molar-refractivity contribution < 1.29 is 9.53 Å². The van der Waals surface area contributed by atoms with Crippen LogP contribution in [0.4, 0.5) is 5.69 Å². The van der Waals surface area contributed by atoms with Gasteiger partial charge in [-0.15, -0.1) is 10.2 Å². The van der Waals surface area contributed by atoms with Crippen molar-refractivity contribution in [2.45, 2.75) is 43.5 Å². The van der Waals surface area contributed by atoms with Gasteiger partial charge >= 0.3 is 5.56 Å². The monoisotopic (exact) mass is 477 g/mol. The summed E-state index contributed by atoms with van der Waals surface area (Å²) in [6, 6.07) is 15.1. The Balaban J connectivity index is 1.55. The minimum absolute atomic E-state index is 0.119. The first-order valence-electron chi connectivity index (χ1n) is 11.1. The van der Waals surface area contributed by atoms with Crippen molar-refractivity contribution in [3.05, 3.63) is 76.8 Å². The molecule has 0 aliphatic heterocycles. The number of nitrogens with one attached hydrogen (secondary N) is 1. The fourth-order valence-electron chi connectivity index (χ4n) is 3.53. The number of hydrogen-bond donors (Lipinski definition) is 1. The quantitative estimate of drug-likeness (QED) is 0.375. The molecule has 0 aliphatic carbocycles. The summed E-state index contributed by atoms with van der Waals surface area (Å²) in [6.07, 6.45) is 3.99. The van der Waals surface area contributed by atoms with Gasteiger partial charge in [0.2, 0.25) is 11.6 Å². The summed E-state index contributed by atoms with van der Waals surface area (Å²) in [7, 11) is 1.58. The van der Waals surface area contributed by atoms with Gasteiger partial charge in [-0.1, -0.05) is 50.7 Å². The van der Waals surface area contributed by atoms with Crippen molar-refractivity contribution in [3.8, 4) is 11.4 Å². The van der Waals surface area contributed by atoms with Crippen LogP contribution in [-0.4, -0.2) is 37.4 Å². The SMILES string of the molecule is CC[C@H](Sc1nnc2c(=O)n(-c3cccc(OC)c3)ccn12)C(=O)Nc1ccc(C(C)C)cc1. The molecular formula is C25H27N5O3S. The molecule has 0 unspecified atom stereocenters. The van der Waals surface area contributed by atoms with E-state index >= 15 is 0 Å². The fraction of sp³-hybridized carbons (Fsp3) is 0.280. The molecule has 34 heavy (non-hydrogen) atoms. The lowest BCUT2D eigenvalue weighted by molar-refractivity contribution is -0.115. The van der Waals surface area contributed by atoms with Crippen molar-refractivity contribution in [2.75, 3.05) is 12.4 Å². The zero-order valence-electron chi connectivity index (χ0n) is 19.6. The number of anilines is 1. The Morgan fingerprint density at radius 3 is 2.56 bits per heavy atom. The number of thioether (sulfide) groups is 1. The van der Waals surface area contributed by atoms with E-state index in [1.807, 2.05) is 49.4 Å². The summed E-state index contributed by atoms with van der Waals surface area (Å²) in [5, 5.41) is 11.4. The molecule has 1 amide bonds. The lowest BCUT2D eigenvalue weighted by Crippen LogP contribution is -2.25. The average molecular weight is 478 g/mol. The number of nitrogens with zero attached hydrogens (tertiary/aromatic N) is 4. The van der Waals surface area contributed by atoms with Gasteiger partial charge in [-0.05, 0) is 42.2 Å². The summed E-state index contributed by atoms with van der Waals surface area (Å²) in [5.41, 5.74) is 2.51. The van der Waals surface area contributed by atoms with Crippen LogP contribution in [0.25, 0.3) is 11.3 Å². The highest BCUT2D eigenvalue weighted by Gasteiger charge is 2.22. The van der Waals surface area contributed by atoms with Crippen LogP contribution in [0.1, 0.15) is 38.7 Å². The van der Waals surface area contributed by atoms with Gasteiger partial charge in [-0.25, -0.2) is 0 Å². The number of ether oxygens (including phenoxy) is 1. The molecule has 0 bridgehead atoms. The van der Waals surface area contributed by atoms with E-state index < -0.39 is 5.25 Å². The third kappa shape index (κ3) is 4.84. The van der Waals surface area contributed by atoms with E-state index in [9.17, 15) is 9.59 Å². The smallest absolute Gasteiger partial charge is 0.300 e. The van der Waals surface area contributed by atoms with E-state index in [-0.39, 0.29) is 17.1 Å². The second kappa shape index (κ2) is 10.1. The van der Waals surface area contributed by atoms with Gasteiger partial charge in [0.15, 0.2) is 5.16 Å². The molecule has 176 valence electrons. The van der Waals surface area contributed by atoms with Crippen LogP contribution in [0.3, 0.4) is 0 Å². The first kappa shape index (κ1) is 23.6. The molecule has 0 saturated carbocycles.